The molecule has 0 fully saturated rings. The van der Waals surface area contributed by atoms with Gasteiger partial charge in [0.2, 0.25) is 5.91 Å². The highest BCUT2D eigenvalue weighted by Crippen LogP contribution is 2.26. The first kappa shape index (κ1) is 22.6. The molecule has 1 N–H and O–H groups in total. The lowest BCUT2D eigenvalue weighted by Gasteiger charge is -2.17. The lowest BCUT2D eigenvalue weighted by atomic mass is 10.2. The van der Waals surface area contributed by atoms with E-state index in [-0.39, 0.29) is 11.5 Å². The molecule has 0 aliphatic carbocycles. The highest BCUT2D eigenvalue weighted by molar-refractivity contribution is 8.00. The number of carbonyl (C=O) groups excluding carboxylic acids is 1. The molecule has 0 aliphatic heterocycles. The summed E-state index contributed by atoms with van der Waals surface area (Å²) in [6, 6.07) is 24.3. The number of fused-ring (bicyclic) bond motifs is 1. The average Bonchev–Trinajstić information content (AvgIpc) is 2.84. The Morgan fingerprint density at radius 2 is 1.73 bits per heavy atom. The van der Waals surface area contributed by atoms with Gasteiger partial charge in [-0.2, -0.15) is 0 Å². The predicted molar refractivity (Wildman–Crippen MR) is 132 cm³/mol. The van der Waals surface area contributed by atoms with Gasteiger partial charge in [-0.1, -0.05) is 54.2 Å². The van der Waals surface area contributed by atoms with Crippen LogP contribution < -0.4 is 15.6 Å². The largest absolute Gasteiger partial charge is 0.494 e. The number of thioether (sulfide) groups is 1. The van der Waals surface area contributed by atoms with E-state index in [2.05, 4.69) is 5.32 Å². The van der Waals surface area contributed by atoms with Crippen molar-refractivity contribution in [2.24, 2.45) is 0 Å². The Morgan fingerprint density at radius 1 is 1.03 bits per heavy atom. The number of hydrogen-bond acceptors (Lipinski definition) is 5. The predicted octanol–water partition coefficient (Wildman–Crippen LogP) is 4.58. The Kier molecular flexibility index (Phi) is 7.10. The highest BCUT2D eigenvalue weighted by Gasteiger charge is 2.20. The van der Waals surface area contributed by atoms with Crippen molar-refractivity contribution in [1.82, 2.24) is 14.9 Å². The molecule has 0 aliphatic rings. The van der Waals surface area contributed by atoms with Crippen LogP contribution in [-0.2, 0) is 11.3 Å². The number of aromatic nitrogens is 2. The third-order valence-electron chi connectivity index (χ3n) is 5.11. The van der Waals surface area contributed by atoms with Gasteiger partial charge in [0.15, 0.2) is 5.16 Å². The van der Waals surface area contributed by atoms with Gasteiger partial charge in [0.1, 0.15) is 5.75 Å². The number of hydrogen-bond donors (Lipinski definition) is 1. The summed E-state index contributed by atoms with van der Waals surface area (Å²) in [5.41, 5.74) is 2.12. The minimum Gasteiger partial charge on any atom is -0.494 e. The number of benzene rings is 3. The van der Waals surface area contributed by atoms with Crippen LogP contribution in [-0.4, -0.2) is 27.3 Å². The van der Waals surface area contributed by atoms with Crippen molar-refractivity contribution in [2.75, 3.05) is 6.61 Å². The Hall–Kier alpha value is -3.58. The molecule has 0 saturated heterocycles. The lowest BCUT2D eigenvalue weighted by molar-refractivity contribution is -0.120. The van der Waals surface area contributed by atoms with Crippen LogP contribution in [0.4, 0.5) is 0 Å². The fourth-order valence-corrected chi connectivity index (χ4v) is 4.37. The van der Waals surface area contributed by atoms with E-state index in [1.807, 2.05) is 86.6 Å². The summed E-state index contributed by atoms with van der Waals surface area (Å²) in [4.78, 5) is 30.9. The van der Waals surface area contributed by atoms with Crippen molar-refractivity contribution in [1.29, 1.82) is 0 Å². The van der Waals surface area contributed by atoms with Gasteiger partial charge in [-0.05, 0) is 55.8 Å². The zero-order valence-electron chi connectivity index (χ0n) is 18.5. The van der Waals surface area contributed by atoms with Gasteiger partial charge in [0.05, 0.1) is 28.4 Å². The van der Waals surface area contributed by atoms with Crippen molar-refractivity contribution >= 4 is 28.6 Å². The summed E-state index contributed by atoms with van der Waals surface area (Å²) in [6.45, 7) is 4.74. The molecule has 1 aromatic heterocycles. The van der Waals surface area contributed by atoms with E-state index in [1.54, 1.807) is 10.6 Å². The standard InChI is InChI=1S/C26H25N3O3S/c1-3-32-21-15-13-20(14-16-21)29-25(31)22-11-7-8-12-23(22)28-26(29)33-18(2)24(30)27-17-19-9-5-4-6-10-19/h4-16,18H,3,17H2,1-2H3,(H,27,30). The maximum Gasteiger partial charge on any atom is 0.266 e. The molecular weight excluding hydrogens is 434 g/mol. The third-order valence-corrected chi connectivity index (χ3v) is 6.16. The molecule has 1 atom stereocenters. The summed E-state index contributed by atoms with van der Waals surface area (Å²) in [5.74, 6) is 0.607. The van der Waals surface area contributed by atoms with Crippen molar-refractivity contribution in [3.8, 4) is 11.4 Å². The Labute approximate surface area is 196 Å². The normalized spacial score (nSPS) is 11.8. The van der Waals surface area contributed by atoms with Crippen LogP contribution in [0.15, 0.2) is 88.8 Å². The number of nitrogens with one attached hydrogen (secondary N) is 1. The molecule has 3 aromatic carbocycles. The molecule has 1 amide bonds. The van der Waals surface area contributed by atoms with Gasteiger partial charge in [-0.3, -0.25) is 14.2 Å². The number of amides is 1. The van der Waals surface area contributed by atoms with E-state index in [0.29, 0.717) is 34.9 Å². The molecule has 4 aromatic rings. The van der Waals surface area contributed by atoms with E-state index in [1.165, 1.54) is 11.8 Å². The molecule has 6 nitrogen and oxygen atoms in total. The van der Waals surface area contributed by atoms with Crippen LogP contribution in [0.25, 0.3) is 16.6 Å². The van der Waals surface area contributed by atoms with Crippen molar-refractivity contribution < 1.29 is 9.53 Å². The van der Waals surface area contributed by atoms with Crippen LogP contribution in [0.1, 0.15) is 19.4 Å². The van der Waals surface area contributed by atoms with E-state index in [4.69, 9.17) is 9.72 Å². The second kappa shape index (κ2) is 10.4. The molecule has 7 heteroatoms. The summed E-state index contributed by atoms with van der Waals surface area (Å²) in [6.07, 6.45) is 0. The van der Waals surface area contributed by atoms with Crippen LogP contribution >= 0.6 is 11.8 Å². The second-order valence-corrected chi connectivity index (χ2v) is 8.75. The van der Waals surface area contributed by atoms with Gasteiger partial charge < -0.3 is 10.1 Å². The Morgan fingerprint density at radius 3 is 2.45 bits per heavy atom. The van der Waals surface area contributed by atoms with Gasteiger partial charge in [-0.15, -0.1) is 0 Å². The van der Waals surface area contributed by atoms with E-state index < -0.39 is 5.25 Å². The summed E-state index contributed by atoms with van der Waals surface area (Å²) < 4.78 is 7.08. The molecule has 1 heterocycles. The summed E-state index contributed by atoms with van der Waals surface area (Å²) in [7, 11) is 0. The first-order valence-corrected chi connectivity index (χ1v) is 11.7. The van der Waals surface area contributed by atoms with Gasteiger partial charge in [0, 0.05) is 6.54 Å². The van der Waals surface area contributed by atoms with E-state index in [0.717, 1.165) is 11.3 Å². The highest BCUT2D eigenvalue weighted by atomic mass is 32.2. The summed E-state index contributed by atoms with van der Waals surface area (Å²) in [5, 5.41) is 3.50. The molecule has 4 rings (SSSR count). The second-order valence-electron chi connectivity index (χ2n) is 7.44. The van der Waals surface area contributed by atoms with E-state index >= 15 is 0 Å². The minimum atomic E-state index is -0.448. The fourth-order valence-electron chi connectivity index (χ4n) is 3.42. The van der Waals surface area contributed by atoms with Gasteiger partial charge in [-0.25, -0.2) is 4.98 Å². The topological polar surface area (TPSA) is 73.2 Å². The number of ether oxygens (including phenoxy) is 1. The molecule has 0 spiro atoms. The molecule has 0 radical (unpaired) electrons. The molecule has 33 heavy (non-hydrogen) atoms. The quantitative estimate of drug-likeness (QED) is 0.308. The average molecular weight is 460 g/mol. The lowest BCUT2D eigenvalue weighted by Crippen LogP contribution is -2.31. The first-order chi connectivity index (χ1) is 16.1. The number of para-hydroxylation sites is 1. The Bertz CT molecular complexity index is 1300. The Balaban J connectivity index is 1.64. The molecule has 0 bridgehead atoms. The SMILES string of the molecule is CCOc1ccc(-n2c(SC(C)C(=O)NCc3ccccc3)nc3ccccc3c2=O)cc1. The molecule has 168 valence electrons. The van der Waals surface area contributed by atoms with E-state index in [9.17, 15) is 9.59 Å². The first-order valence-electron chi connectivity index (χ1n) is 10.8. The molecular formula is C26H25N3O3S. The smallest absolute Gasteiger partial charge is 0.266 e. The van der Waals surface area contributed by atoms with Gasteiger partial charge >= 0.3 is 0 Å². The van der Waals surface area contributed by atoms with Crippen molar-refractivity contribution in [2.45, 2.75) is 30.8 Å². The van der Waals surface area contributed by atoms with Crippen LogP contribution in [0.3, 0.4) is 0 Å². The van der Waals surface area contributed by atoms with Crippen LogP contribution in [0.5, 0.6) is 5.75 Å². The third kappa shape index (κ3) is 5.26. The minimum absolute atomic E-state index is 0.121. The van der Waals surface area contributed by atoms with Crippen LogP contribution in [0.2, 0.25) is 0 Å². The maximum absolute atomic E-state index is 13.4. The summed E-state index contributed by atoms with van der Waals surface area (Å²) >= 11 is 1.26. The monoisotopic (exact) mass is 459 g/mol. The van der Waals surface area contributed by atoms with Gasteiger partial charge in [0.25, 0.3) is 5.56 Å². The van der Waals surface area contributed by atoms with Crippen LogP contribution in [0, 0.1) is 0 Å². The maximum atomic E-state index is 13.4. The zero-order valence-corrected chi connectivity index (χ0v) is 19.3. The number of nitrogens with zero attached hydrogens (tertiary/aromatic N) is 2. The molecule has 0 saturated carbocycles. The molecule has 1 unspecified atom stereocenters. The number of carbonyl (C=O) groups is 1. The fraction of sp³-hybridized carbons (Fsp3) is 0.192. The zero-order chi connectivity index (χ0) is 23.2. The van der Waals surface area contributed by atoms with Crippen molar-refractivity contribution in [3.63, 3.8) is 0 Å². The van der Waals surface area contributed by atoms with Crippen molar-refractivity contribution in [3.05, 3.63) is 94.8 Å². The number of rotatable bonds is 8.